The summed E-state index contributed by atoms with van der Waals surface area (Å²) in [5, 5.41) is 13.6. The molecule has 84 valence electrons. The Morgan fingerprint density at radius 3 is 2.88 bits per heavy atom. The number of hydrogen-bond donors (Lipinski definition) is 2. The highest BCUT2D eigenvalue weighted by Gasteiger charge is 2.04. The molecule has 0 aliphatic rings. The van der Waals surface area contributed by atoms with Crippen molar-refractivity contribution in [3.05, 3.63) is 40.5 Å². The molecule has 0 saturated carbocycles. The summed E-state index contributed by atoms with van der Waals surface area (Å²) in [6.45, 7) is 0.727. The van der Waals surface area contributed by atoms with Crippen LogP contribution in [0.2, 0.25) is 5.15 Å². The number of nitrogens with zero attached hydrogens (tertiary/aromatic N) is 1. The molecule has 1 aromatic heterocycles. The van der Waals surface area contributed by atoms with Crippen LogP contribution >= 0.6 is 11.6 Å². The minimum atomic E-state index is -0.0853. The lowest BCUT2D eigenvalue weighted by atomic mass is 10.1. The Morgan fingerprint density at radius 2 is 2.19 bits per heavy atom. The van der Waals surface area contributed by atoms with E-state index >= 15 is 0 Å². The number of aliphatic hydroxyl groups excluding tert-OH is 1. The first-order valence-electron chi connectivity index (χ1n) is 5.08. The van der Waals surface area contributed by atoms with Crippen molar-refractivity contribution in [3.63, 3.8) is 0 Å². The van der Waals surface area contributed by atoms with Gasteiger partial charge in [-0.25, -0.2) is 4.98 Å². The van der Waals surface area contributed by atoms with Gasteiger partial charge in [-0.2, -0.15) is 0 Å². The molecule has 1 heterocycles. The van der Waals surface area contributed by atoms with Crippen molar-refractivity contribution in [2.45, 2.75) is 13.2 Å². The molecule has 0 aliphatic carbocycles. The lowest BCUT2D eigenvalue weighted by Crippen LogP contribution is -2.04. The molecule has 4 heteroatoms. The Balaban J connectivity index is 2.54. The summed E-state index contributed by atoms with van der Waals surface area (Å²) in [5.74, 6) is 0. The van der Waals surface area contributed by atoms with E-state index in [1.54, 1.807) is 0 Å². The second kappa shape index (κ2) is 4.78. The average molecular weight is 237 g/mol. The number of halogens is 1. The van der Waals surface area contributed by atoms with Crippen LogP contribution in [0.1, 0.15) is 11.1 Å². The molecular formula is C12H13ClN2O. The Bertz CT molecular complexity index is 514. The van der Waals surface area contributed by atoms with Crippen LogP contribution in [0, 0.1) is 0 Å². The number of nitrogens with one attached hydrogen (secondary N) is 1. The third kappa shape index (κ3) is 2.16. The summed E-state index contributed by atoms with van der Waals surface area (Å²) in [6.07, 6.45) is 0. The van der Waals surface area contributed by atoms with E-state index in [1.807, 2.05) is 31.3 Å². The second-order valence-electron chi connectivity index (χ2n) is 3.65. The molecule has 2 N–H and O–H groups in total. The molecule has 0 aliphatic heterocycles. The van der Waals surface area contributed by atoms with Crippen molar-refractivity contribution in [2.24, 2.45) is 0 Å². The maximum Gasteiger partial charge on any atom is 0.135 e. The predicted octanol–water partition coefficient (Wildman–Crippen LogP) is 2.10. The van der Waals surface area contributed by atoms with Gasteiger partial charge in [0.1, 0.15) is 5.15 Å². The van der Waals surface area contributed by atoms with E-state index in [0.29, 0.717) is 10.7 Å². The van der Waals surface area contributed by atoms with Gasteiger partial charge in [0, 0.05) is 17.5 Å². The number of rotatable bonds is 3. The summed E-state index contributed by atoms with van der Waals surface area (Å²) >= 11 is 5.92. The van der Waals surface area contributed by atoms with Gasteiger partial charge in [0.25, 0.3) is 0 Å². The summed E-state index contributed by atoms with van der Waals surface area (Å²) in [7, 11) is 1.91. The summed E-state index contributed by atoms with van der Waals surface area (Å²) in [6, 6.07) is 7.88. The largest absolute Gasteiger partial charge is 0.392 e. The molecule has 1 aromatic carbocycles. The maximum atomic E-state index is 9.11. The number of fused-ring (bicyclic) bond motifs is 1. The van der Waals surface area contributed by atoms with Crippen molar-refractivity contribution in [2.75, 3.05) is 7.05 Å². The van der Waals surface area contributed by atoms with E-state index in [-0.39, 0.29) is 6.61 Å². The van der Waals surface area contributed by atoms with E-state index in [4.69, 9.17) is 16.7 Å². The van der Waals surface area contributed by atoms with Crippen molar-refractivity contribution in [1.29, 1.82) is 0 Å². The molecule has 3 nitrogen and oxygen atoms in total. The Kier molecular flexibility index (Phi) is 3.39. The van der Waals surface area contributed by atoms with Crippen LogP contribution in [-0.2, 0) is 13.2 Å². The van der Waals surface area contributed by atoms with Crippen LogP contribution in [0.5, 0.6) is 0 Å². The van der Waals surface area contributed by atoms with Gasteiger partial charge in [0.05, 0.1) is 12.1 Å². The number of aromatic nitrogens is 1. The standard InChI is InChI=1S/C12H13ClN2O/c1-14-6-8-2-3-11-9(4-8)5-10(7-16)12(13)15-11/h2-5,14,16H,6-7H2,1H3. The molecule has 0 unspecified atom stereocenters. The van der Waals surface area contributed by atoms with E-state index in [1.165, 1.54) is 5.56 Å². The van der Waals surface area contributed by atoms with Crippen LogP contribution in [0.15, 0.2) is 24.3 Å². The zero-order valence-corrected chi connectivity index (χ0v) is 9.75. The van der Waals surface area contributed by atoms with Gasteiger partial charge in [0.15, 0.2) is 0 Å². The van der Waals surface area contributed by atoms with Crippen LogP contribution in [0.25, 0.3) is 10.9 Å². The fourth-order valence-corrected chi connectivity index (χ4v) is 1.88. The van der Waals surface area contributed by atoms with Crippen molar-refractivity contribution < 1.29 is 5.11 Å². The van der Waals surface area contributed by atoms with Crippen molar-refractivity contribution in [3.8, 4) is 0 Å². The third-order valence-electron chi connectivity index (χ3n) is 2.46. The number of hydrogen-bond acceptors (Lipinski definition) is 3. The molecule has 0 spiro atoms. The monoisotopic (exact) mass is 236 g/mol. The smallest absolute Gasteiger partial charge is 0.135 e. The fourth-order valence-electron chi connectivity index (χ4n) is 1.67. The van der Waals surface area contributed by atoms with Crippen LogP contribution in [-0.4, -0.2) is 17.1 Å². The molecule has 16 heavy (non-hydrogen) atoms. The SMILES string of the molecule is CNCc1ccc2nc(Cl)c(CO)cc2c1. The molecule has 0 amide bonds. The van der Waals surface area contributed by atoms with Crippen LogP contribution < -0.4 is 5.32 Å². The Hall–Kier alpha value is -1.16. The molecule has 2 aromatic rings. The first-order chi connectivity index (χ1) is 7.74. The topological polar surface area (TPSA) is 45.2 Å². The van der Waals surface area contributed by atoms with Gasteiger partial charge < -0.3 is 10.4 Å². The fraction of sp³-hybridized carbons (Fsp3) is 0.250. The zero-order chi connectivity index (χ0) is 11.5. The number of benzene rings is 1. The third-order valence-corrected chi connectivity index (χ3v) is 2.78. The maximum absolute atomic E-state index is 9.11. The molecule has 0 atom stereocenters. The van der Waals surface area contributed by atoms with Gasteiger partial charge in [-0.05, 0) is 30.8 Å². The molecule has 0 saturated heterocycles. The normalized spacial score (nSPS) is 10.9. The number of pyridine rings is 1. The Morgan fingerprint density at radius 1 is 1.38 bits per heavy atom. The summed E-state index contributed by atoms with van der Waals surface area (Å²) < 4.78 is 0. The van der Waals surface area contributed by atoms with Gasteiger partial charge in [-0.15, -0.1) is 0 Å². The van der Waals surface area contributed by atoms with Crippen LogP contribution in [0.3, 0.4) is 0 Å². The molecular weight excluding hydrogens is 224 g/mol. The van der Waals surface area contributed by atoms with Gasteiger partial charge >= 0.3 is 0 Å². The summed E-state index contributed by atoms with van der Waals surface area (Å²) in [5.41, 5.74) is 2.70. The predicted molar refractivity (Wildman–Crippen MR) is 65.4 cm³/mol. The van der Waals surface area contributed by atoms with Gasteiger partial charge in [0.2, 0.25) is 0 Å². The lowest BCUT2D eigenvalue weighted by Gasteiger charge is -2.05. The lowest BCUT2D eigenvalue weighted by molar-refractivity contribution is 0.281. The number of aliphatic hydroxyl groups is 1. The highest BCUT2D eigenvalue weighted by Crippen LogP contribution is 2.21. The van der Waals surface area contributed by atoms with Crippen molar-refractivity contribution >= 4 is 22.5 Å². The van der Waals surface area contributed by atoms with Gasteiger partial charge in [-0.3, -0.25) is 0 Å². The van der Waals surface area contributed by atoms with E-state index < -0.39 is 0 Å². The average Bonchev–Trinajstić information content (AvgIpc) is 2.29. The molecule has 0 radical (unpaired) electrons. The quantitative estimate of drug-likeness (QED) is 0.803. The Labute approximate surface area is 99.1 Å². The molecule has 0 bridgehead atoms. The molecule has 0 fully saturated rings. The van der Waals surface area contributed by atoms with E-state index in [2.05, 4.69) is 10.3 Å². The van der Waals surface area contributed by atoms with Crippen LogP contribution in [0.4, 0.5) is 0 Å². The van der Waals surface area contributed by atoms with E-state index in [0.717, 1.165) is 17.4 Å². The first-order valence-corrected chi connectivity index (χ1v) is 5.46. The minimum Gasteiger partial charge on any atom is -0.392 e. The van der Waals surface area contributed by atoms with Crippen molar-refractivity contribution in [1.82, 2.24) is 10.3 Å². The highest BCUT2D eigenvalue weighted by atomic mass is 35.5. The minimum absolute atomic E-state index is 0.0853. The summed E-state index contributed by atoms with van der Waals surface area (Å²) in [4.78, 5) is 4.23. The van der Waals surface area contributed by atoms with Gasteiger partial charge in [-0.1, -0.05) is 17.7 Å². The first kappa shape index (κ1) is 11.3. The zero-order valence-electron chi connectivity index (χ0n) is 9.00. The highest BCUT2D eigenvalue weighted by molar-refractivity contribution is 6.30. The van der Waals surface area contributed by atoms with E-state index in [9.17, 15) is 0 Å². The second-order valence-corrected chi connectivity index (χ2v) is 4.01. The molecule has 2 rings (SSSR count).